The van der Waals surface area contributed by atoms with Crippen LogP contribution in [0.1, 0.15) is 23.7 Å². The summed E-state index contributed by atoms with van der Waals surface area (Å²) in [5.41, 5.74) is 0.169. The zero-order chi connectivity index (χ0) is 14.6. The van der Waals surface area contributed by atoms with Gasteiger partial charge in [-0.3, -0.25) is 4.79 Å². The van der Waals surface area contributed by atoms with Gasteiger partial charge in [0, 0.05) is 20.7 Å². The summed E-state index contributed by atoms with van der Waals surface area (Å²) in [6.45, 7) is 1.83. The van der Waals surface area contributed by atoms with E-state index in [1.807, 2.05) is 6.92 Å². The highest BCUT2D eigenvalue weighted by Crippen LogP contribution is 2.22. The Morgan fingerprint density at radius 3 is 2.63 bits per heavy atom. The van der Waals surface area contributed by atoms with Crippen LogP contribution in [0.25, 0.3) is 0 Å². The Morgan fingerprint density at radius 1 is 1.53 bits per heavy atom. The Hall–Kier alpha value is -1.03. The largest absolute Gasteiger partial charge is 0.338 e. The fraction of sp³-hybridized carbons (Fsp3) is 0.250. The summed E-state index contributed by atoms with van der Waals surface area (Å²) in [4.78, 5) is 11.8. The van der Waals surface area contributed by atoms with Crippen LogP contribution in [-0.4, -0.2) is 20.4 Å². The number of hydrogen-bond donors (Lipinski definition) is 1. The number of hydrogen-bond acceptors (Lipinski definition) is 3. The third kappa shape index (κ3) is 4.53. The van der Waals surface area contributed by atoms with E-state index < -0.39 is 21.0 Å². The molecular weight excluding hydrogens is 354 g/mol. The number of rotatable bonds is 4. The van der Waals surface area contributed by atoms with Crippen molar-refractivity contribution in [3.05, 3.63) is 28.2 Å². The molecular formula is C12H11BrClNO3S. The Morgan fingerprint density at radius 2 is 2.16 bits per heavy atom. The first-order chi connectivity index (χ1) is 8.77. The van der Waals surface area contributed by atoms with Crippen molar-refractivity contribution in [2.75, 3.05) is 0 Å². The second-order valence-electron chi connectivity index (χ2n) is 3.71. The van der Waals surface area contributed by atoms with Crippen molar-refractivity contribution >= 4 is 41.6 Å². The first kappa shape index (κ1) is 16.0. The molecule has 0 saturated heterocycles. The average molecular weight is 365 g/mol. The van der Waals surface area contributed by atoms with Gasteiger partial charge in [-0.15, -0.1) is 6.42 Å². The van der Waals surface area contributed by atoms with E-state index in [0.717, 1.165) is 0 Å². The summed E-state index contributed by atoms with van der Waals surface area (Å²) in [6, 6.07) is 3.61. The van der Waals surface area contributed by atoms with E-state index in [1.165, 1.54) is 18.2 Å². The standard InChI is InChI=1S/C12H11BrClNO3S/c1-3-10(4-2)15-12(16)8-5-9(13)7-11(6-8)19(14,17)18/h1,5-7,10H,4H2,2H3,(H,15,16). The minimum absolute atomic E-state index is 0.151. The second kappa shape index (κ2) is 6.42. The summed E-state index contributed by atoms with van der Waals surface area (Å²) in [7, 11) is 1.36. The summed E-state index contributed by atoms with van der Waals surface area (Å²) >= 11 is 3.13. The molecule has 1 N–H and O–H groups in total. The molecule has 0 aliphatic rings. The Balaban J connectivity index is 3.12. The fourth-order valence-electron chi connectivity index (χ4n) is 1.34. The molecule has 7 heteroatoms. The Bertz CT molecular complexity index is 637. The Kier molecular flexibility index (Phi) is 5.41. The number of carbonyl (C=O) groups is 1. The molecule has 0 aliphatic carbocycles. The topological polar surface area (TPSA) is 63.2 Å². The molecule has 0 radical (unpaired) electrons. The minimum Gasteiger partial charge on any atom is -0.338 e. The van der Waals surface area contributed by atoms with Crippen LogP contribution in [0, 0.1) is 12.3 Å². The van der Waals surface area contributed by atoms with Gasteiger partial charge in [0.2, 0.25) is 0 Å². The van der Waals surface area contributed by atoms with Gasteiger partial charge in [-0.25, -0.2) is 8.42 Å². The van der Waals surface area contributed by atoms with E-state index in [1.54, 1.807) is 0 Å². The van der Waals surface area contributed by atoms with Crippen molar-refractivity contribution in [2.45, 2.75) is 24.3 Å². The molecule has 1 aromatic rings. The van der Waals surface area contributed by atoms with Gasteiger partial charge in [0.15, 0.2) is 0 Å². The zero-order valence-corrected chi connectivity index (χ0v) is 13.1. The van der Waals surface area contributed by atoms with Crippen LogP contribution in [0.3, 0.4) is 0 Å². The summed E-state index contributed by atoms with van der Waals surface area (Å²) < 4.78 is 23.0. The minimum atomic E-state index is -3.90. The van der Waals surface area contributed by atoms with Crippen molar-refractivity contribution in [3.8, 4) is 12.3 Å². The van der Waals surface area contributed by atoms with Crippen molar-refractivity contribution in [1.29, 1.82) is 0 Å². The molecule has 1 atom stereocenters. The van der Waals surface area contributed by atoms with E-state index in [0.29, 0.717) is 10.9 Å². The fourth-order valence-corrected chi connectivity index (χ4v) is 2.79. The lowest BCUT2D eigenvalue weighted by Crippen LogP contribution is -2.33. The zero-order valence-electron chi connectivity index (χ0n) is 9.98. The highest BCUT2D eigenvalue weighted by atomic mass is 79.9. The van der Waals surface area contributed by atoms with E-state index in [9.17, 15) is 13.2 Å². The van der Waals surface area contributed by atoms with Crippen LogP contribution in [0.4, 0.5) is 0 Å². The second-order valence-corrected chi connectivity index (χ2v) is 7.20. The van der Waals surface area contributed by atoms with Gasteiger partial charge in [0.25, 0.3) is 15.0 Å². The summed E-state index contributed by atoms with van der Waals surface area (Å²) in [5, 5.41) is 2.60. The van der Waals surface area contributed by atoms with E-state index >= 15 is 0 Å². The maximum absolute atomic E-state index is 11.9. The molecule has 19 heavy (non-hydrogen) atoms. The van der Waals surface area contributed by atoms with Crippen LogP contribution < -0.4 is 5.32 Å². The molecule has 0 aliphatic heterocycles. The molecule has 4 nitrogen and oxygen atoms in total. The lowest BCUT2D eigenvalue weighted by molar-refractivity contribution is 0.0944. The summed E-state index contributed by atoms with van der Waals surface area (Å²) in [5.74, 6) is 1.97. The Labute approximate surface area is 125 Å². The number of halogens is 2. The van der Waals surface area contributed by atoms with Gasteiger partial charge in [0.1, 0.15) is 0 Å². The van der Waals surface area contributed by atoms with Crippen molar-refractivity contribution < 1.29 is 13.2 Å². The van der Waals surface area contributed by atoms with Crippen molar-refractivity contribution in [3.63, 3.8) is 0 Å². The van der Waals surface area contributed by atoms with Crippen LogP contribution in [0.2, 0.25) is 0 Å². The quantitative estimate of drug-likeness (QED) is 0.659. The molecule has 0 heterocycles. The van der Waals surface area contributed by atoms with Gasteiger partial charge in [-0.05, 0) is 24.6 Å². The van der Waals surface area contributed by atoms with E-state index in [-0.39, 0.29) is 10.5 Å². The van der Waals surface area contributed by atoms with Gasteiger partial charge in [0.05, 0.1) is 10.9 Å². The van der Waals surface area contributed by atoms with Gasteiger partial charge < -0.3 is 5.32 Å². The predicted octanol–water partition coefficient (Wildman–Crippen LogP) is 2.52. The van der Waals surface area contributed by atoms with Gasteiger partial charge in [-0.1, -0.05) is 28.8 Å². The lowest BCUT2D eigenvalue weighted by atomic mass is 10.2. The molecule has 102 valence electrons. The third-order valence-electron chi connectivity index (χ3n) is 2.33. The molecule has 1 rings (SSSR count). The molecule has 1 amide bonds. The van der Waals surface area contributed by atoms with Crippen LogP contribution >= 0.6 is 26.6 Å². The highest BCUT2D eigenvalue weighted by Gasteiger charge is 2.16. The van der Waals surface area contributed by atoms with Gasteiger partial charge in [-0.2, -0.15) is 0 Å². The molecule has 0 fully saturated rings. The first-order valence-corrected chi connectivity index (χ1v) is 8.40. The number of amides is 1. The smallest absolute Gasteiger partial charge is 0.261 e. The molecule has 0 saturated carbocycles. The SMILES string of the molecule is C#CC(CC)NC(=O)c1cc(Br)cc(S(=O)(=O)Cl)c1. The normalized spacial score (nSPS) is 12.5. The van der Waals surface area contributed by atoms with Crippen LogP contribution in [0.5, 0.6) is 0 Å². The van der Waals surface area contributed by atoms with Gasteiger partial charge >= 0.3 is 0 Å². The number of benzene rings is 1. The van der Waals surface area contributed by atoms with Crippen LogP contribution in [-0.2, 0) is 9.05 Å². The molecule has 0 aromatic heterocycles. The molecule has 1 aromatic carbocycles. The summed E-state index contributed by atoms with van der Waals surface area (Å²) in [6.07, 6.45) is 5.83. The number of nitrogens with one attached hydrogen (secondary N) is 1. The monoisotopic (exact) mass is 363 g/mol. The molecule has 0 bridgehead atoms. The van der Waals surface area contributed by atoms with Crippen molar-refractivity contribution in [2.24, 2.45) is 0 Å². The van der Waals surface area contributed by atoms with E-state index in [2.05, 4.69) is 27.2 Å². The molecule has 0 spiro atoms. The van der Waals surface area contributed by atoms with Crippen LogP contribution in [0.15, 0.2) is 27.6 Å². The molecule has 1 unspecified atom stereocenters. The predicted molar refractivity (Wildman–Crippen MR) is 77.6 cm³/mol. The van der Waals surface area contributed by atoms with Crippen molar-refractivity contribution in [1.82, 2.24) is 5.32 Å². The third-order valence-corrected chi connectivity index (χ3v) is 4.12. The average Bonchev–Trinajstić information content (AvgIpc) is 2.33. The maximum Gasteiger partial charge on any atom is 0.261 e. The first-order valence-electron chi connectivity index (χ1n) is 5.30. The van der Waals surface area contributed by atoms with E-state index in [4.69, 9.17) is 17.1 Å². The lowest BCUT2D eigenvalue weighted by Gasteiger charge is -2.11. The highest BCUT2D eigenvalue weighted by molar-refractivity contribution is 9.10. The maximum atomic E-state index is 11.9. The number of carbonyl (C=O) groups excluding carboxylic acids is 1. The number of terminal acetylenes is 1.